The molecule has 0 fully saturated rings. The molecule has 0 amide bonds. The predicted molar refractivity (Wildman–Crippen MR) is 147 cm³/mol. The monoisotopic (exact) mass is 521 g/mol. The van der Waals surface area contributed by atoms with Gasteiger partial charge in [-0.25, -0.2) is 4.79 Å². The zero-order valence-corrected chi connectivity index (χ0v) is 22.5. The normalized spacial score (nSPS) is 11.9. The molecule has 38 heavy (non-hydrogen) atoms. The van der Waals surface area contributed by atoms with Gasteiger partial charge in [-0.15, -0.1) is 0 Å². The fourth-order valence-corrected chi connectivity index (χ4v) is 3.70. The minimum Gasteiger partial charge on any atom is -0.497 e. The van der Waals surface area contributed by atoms with E-state index in [1.54, 1.807) is 33.5 Å². The van der Waals surface area contributed by atoms with Crippen molar-refractivity contribution in [2.24, 2.45) is 0 Å². The quantitative estimate of drug-likeness (QED) is 0.102. The number of rotatable bonds is 14. The van der Waals surface area contributed by atoms with Crippen LogP contribution in [0, 0.1) is 0 Å². The Labute approximate surface area is 224 Å². The Bertz CT molecular complexity index is 1190. The van der Waals surface area contributed by atoms with Crippen molar-refractivity contribution < 1.29 is 33.2 Å². The summed E-state index contributed by atoms with van der Waals surface area (Å²) in [5.74, 6) is 2.89. The second kappa shape index (κ2) is 14.5. The van der Waals surface area contributed by atoms with Crippen molar-refractivity contribution in [1.29, 1.82) is 0 Å². The summed E-state index contributed by atoms with van der Waals surface area (Å²) in [6, 6.07) is 20.3. The van der Waals surface area contributed by atoms with E-state index in [-0.39, 0.29) is 6.23 Å². The predicted octanol–water partition coefficient (Wildman–Crippen LogP) is 5.21. The summed E-state index contributed by atoms with van der Waals surface area (Å²) >= 11 is 0. The molecule has 8 nitrogen and oxygen atoms in total. The number of nitrogens with one attached hydrogen (secondary N) is 1. The van der Waals surface area contributed by atoms with Crippen LogP contribution in [0.4, 0.5) is 0 Å². The molecular formula is C30H35NO7. The number of carbonyl (C=O) groups is 1. The van der Waals surface area contributed by atoms with E-state index in [0.717, 1.165) is 12.0 Å². The van der Waals surface area contributed by atoms with Crippen molar-refractivity contribution >= 4 is 17.6 Å². The largest absolute Gasteiger partial charge is 0.497 e. The Morgan fingerprint density at radius 1 is 0.842 bits per heavy atom. The average Bonchev–Trinajstić information content (AvgIpc) is 2.95. The van der Waals surface area contributed by atoms with Crippen molar-refractivity contribution in [3.8, 4) is 28.7 Å². The number of hydrogen-bond donors (Lipinski definition) is 1. The van der Waals surface area contributed by atoms with E-state index in [1.807, 2.05) is 67.6 Å². The first-order valence-corrected chi connectivity index (χ1v) is 12.3. The molecule has 3 rings (SSSR count). The van der Waals surface area contributed by atoms with Crippen LogP contribution in [-0.2, 0) is 9.53 Å². The topological polar surface area (TPSA) is 84.5 Å². The first-order valence-electron chi connectivity index (χ1n) is 12.3. The van der Waals surface area contributed by atoms with Crippen LogP contribution in [0.25, 0.3) is 11.6 Å². The van der Waals surface area contributed by atoms with Crippen LogP contribution < -0.4 is 29.0 Å². The van der Waals surface area contributed by atoms with E-state index in [9.17, 15) is 4.79 Å². The maximum absolute atomic E-state index is 12.6. The molecule has 3 aromatic rings. The van der Waals surface area contributed by atoms with Crippen molar-refractivity contribution in [2.45, 2.75) is 19.6 Å². The van der Waals surface area contributed by atoms with Crippen LogP contribution in [0.3, 0.4) is 0 Å². The summed E-state index contributed by atoms with van der Waals surface area (Å²) in [5, 5.41) is 3.32. The van der Waals surface area contributed by atoms with E-state index >= 15 is 0 Å². The van der Waals surface area contributed by atoms with E-state index in [0.29, 0.717) is 53.0 Å². The minimum absolute atomic E-state index is 0.182. The first-order chi connectivity index (χ1) is 18.5. The van der Waals surface area contributed by atoms with Crippen LogP contribution in [0.15, 0.2) is 66.7 Å². The molecule has 0 aliphatic rings. The molecule has 0 spiro atoms. The van der Waals surface area contributed by atoms with Crippen molar-refractivity contribution in [3.05, 3.63) is 77.9 Å². The highest BCUT2D eigenvalue weighted by atomic mass is 16.5. The summed E-state index contributed by atoms with van der Waals surface area (Å²) in [6.45, 7) is 3.19. The molecule has 1 N–H and O–H groups in total. The molecular weight excluding hydrogens is 486 g/mol. The maximum Gasteiger partial charge on any atom is 0.338 e. The average molecular weight is 522 g/mol. The molecule has 1 unspecified atom stereocenters. The molecule has 0 aromatic heterocycles. The van der Waals surface area contributed by atoms with Gasteiger partial charge in [-0.2, -0.15) is 0 Å². The van der Waals surface area contributed by atoms with Crippen LogP contribution >= 0.6 is 0 Å². The summed E-state index contributed by atoms with van der Waals surface area (Å²) in [4.78, 5) is 12.6. The Hall–Kier alpha value is -4.17. The van der Waals surface area contributed by atoms with Crippen LogP contribution in [-0.4, -0.2) is 53.8 Å². The van der Waals surface area contributed by atoms with Gasteiger partial charge in [0, 0.05) is 12.6 Å². The van der Waals surface area contributed by atoms with Crippen molar-refractivity contribution in [1.82, 2.24) is 5.32 Å². The highest BCUT2D eigenvalue weighted by molar-refractivity contribution is 6.21. The molecule has 0 aliphatic carbocycles. The standard InChI is InChI=1S/C30H35NO7/c1-21(38-29-10-7-6-9-28(29)35-4)31-15-8-16-37-24-13-11-23(12-14-24)27(30(32)36-5)19-22-17-25(33-2)20-26(18-22)34-3/h6-7,9-14,17-21,31H,8,15-16H2,1-5H3. The van der Waals surface area contributed by atoms with E-state index in [4.69, 9.17) is 28.4 Å². The smallest absolute Gasteiger partial charge is 0.338 e. The number of carbonyl (C=O) groups excluding carboxylic acids is 1. The van der Waals surface area contributed by atoms with Gasteiger partial charge in [-0.1, -0.05) is 24.3 Å². The summed E-state index contributed by atoms with van der Waals surface area (Å²) in [7, 11) is 6.13. The number of ether oxygens (including phenoxy) is 6. The molecule has 1 atom stereocenters. The first kappa shape index (κ1) is 28.4. The number of esters is 1. The lowest BCUT2D eigenvalue weighted by Gasteiger charge is -2.18. The fraction of sp³-hybridized carbons (Fsp3) is 0.300. The van der Waals surface area contributed by atoms with Gasteiger partial charge in [-0.3, -0.25) is 5.32 Å². The molecule has 8 heteroatoms. The lowest BCUT2D eigenvalue weighted by atomic mass is 10.0. The number of hydrogen-bond acceptors (Lipinski definition) is 8. The van der Waals surface area contributed by atoms with Gasteiger partial charge >= 0.3 is 5.97 Å². The van der Waals surface area contributed by atoms with Crippen LogP contribution in [0.2, 0.25) is 0 Å². The highest BCUT2D eigenvalue weighted by Gasteiger charge is 2.14. The third-order valence-corrected chi connectivity index (χ3v) is 5.65. The second-order valence-corrected chi connectivity index (χ2v) is 8.29. The molecule has 0 aliphatic heterocycles. The Morgan fingerprint density at radius 3 is 2.11 bits per heavy atom. The van der Waals surface area contributed by atoms with Gasteiger partial charge in [0.15, 0.2) is 11.5 Å². The van der Waals surface area contributed by atoms with Gasteiger partial charge in [0.2, 0.25) is 0 Å². The lowest BCUT2D eigenvalue weighted by Crippen LogP contribution is -2.32. The number of para-hydroxylation sites is 2. The summed E-state index contributed by atoms with van der Waals surface area (Å²) < 4.78 is 32.8. The zero-order chi connectivity index (χ0) is 27.3. The maximum atomic E-state index is 12.6. The number of methoxy groups -OCH3 is 4. The Balaban J connectivity index is 1.55. The number of benzene rings is 3. The summed E-state index contributed by atoms with van der Waals surface area (Å²) in [6.07, 6.45) is 2.35. The Morgan fingerprint density at radius 2 is 1.50 bits per heavy atom. The molecule has 0 heterocycles. The van der Waals surface area contributed by atoms with E-state index < -0.39 is 5.97 Å². The van der Waals surface area contributed by atoms with Crippen LogP contribution in [0.1, 0.15) is 24.5 Å². The SMILES string of the molecule is COC(=O)C(=Cc1cc(OC)cc(OC)c1)c1ccc(OCCCNC(C)Oc2ccccc2OC)cc1. The van der Waals surface area contributed by atoms with E-state index in [2.05, 4.69) is 5.32 Å². The van der Waals surface area contributed by atoms with E-state index in [1.165, 1.54) is 7.11 Å². The van der Waals surface area contributed by atoms with Gasteiger partial charge in [0.05, 0.1) is 40.6 Å². The third kappa shape index (κ3) is 8.18. The van der Waals surface area contributed by atoms with Crippen molar-refractivity contribution in [2.75, 3.05) is 41.6 Å². The molecule has 0 radical (unpaired) electrons. The molecule has 3 aromatic carbocycles. The molecule has 0 bridgehead atoms. The van der Waals surface area contributed by atoms with Crippen LogP contribution in [0.5, 0.6) is 28.7 Å². The molecule has 202 valence electrons. The Kier molecular flexibility index (Phi) is 10.9. The van der Waals surface area contributed by atoms with Gasteiger partial charge < -0.3 is 28.4 Å². The molecule has 0 saturated carbocycles. The van der Waals surface area contributed by atoms with Gasteiger partial charge in [0.1, 0.15) is 23.5 Å². The zero-order valence-electron chi connectivity index (χ0n) is 22.5. The molecule has 0 saturated heterocycles. The summed E-state index contributed by atoms with van der Waals surface area (Å²) in [5.41, 5.74) is 1.86. The highest BCUT2D eigenvalue weighted by Crippen LogP contribution is 2.28. The minimum atomic E-state index is -0.448. The van der Waals surface area contributed by atoms with Gasteiger partial charge in [-0.05, 0) is 66.9 Å². The lowest BCUT2D eigenvalue weighted by molar-refractivity contribution is -0.133. The van der Waals surface area contributed by atoms with Gasteiger partial charge in [0.25, 0.3) is 0 Å². The van der Waals surface area contributed by atoms with Crippen molar-refractivity contribution in [3.63, 3.8) is 0 Å². The second-order valence-electron chi connectivity index (χ2n) is 8.29. The fourth-order valence-electron chi connectivity index (χ4n) is 3.70. The third-order valence-electron chi connectivity index (χ3n) is 5.65.